The Bertz CT molecular complexity index is 542. The molecule has 0 bridgehead atoms. The molecule has 0 heterocycles. The molecule has 0 aliphatic rings. The topological polar surface area (TPSA) is 20.2 Å². The summed E-state index contributed by atoms with van der Waals surface area (Å²) in [6.07, 6.45) is -0.223. The van der Waals surface area contributed by atoms with Crippen LogP contribution in [0.1, 0.15) is 17.2 Å². The smallest absolute Gasteiger partial charge is 0.123 e. The van der Waals surface area contributed by atoms with Gasteiger partial charge in [0.15, 0.2) is 0 Å². The fourth-order valence-electron chi connectivity index (χ4n) is 1.68. The first-order valence-electron chi connectivity index (χ1n) is 5.44. The molecule has 94 valence electrons. The Morgan fingerprint density at radius 3 is 2.44 bits per heavy atom. The van der Waals surface area contributed by atoms with E-state index < -0.39 is 6.10 Å². The average Bonchev–Trinajstić information content (AvgIpc) is 2.35. The maximum atomic E-state index is 12.8. The lowest BCUT2D eigenvalue weighted by atomic mass is 10.0. The van der Waals surface area contributed by atoms with Gasteiger partial charge in [0.05, 0.1) is 11.1 Å². The van der Waals surface area contributed by atoms with E-state index in [0.29, 0.717) is 11.4 Å². The second-order valence-corrected chi connectivity index (χ2v) is 5.28. The highest BCUT2D eigenvalue weighted by Crippen LogP contribution is 2.27. The summed E-state index contributed by atoms with van der Waals surface area (Å²) in [4.78, 5) is 0. The molecule has 1 N–H and O–H groups in total. The van der Waals surface area contributed by atoms with Crippen LogP contribution in [-0.2, 0) is 6.42 Å². The first-order valence-corrected chi connectivity index (χ1v) is 6.61. The van der Waals surface area contributed by atoms with Gasteiger partial charge < -0.3 is 5.11 Å². The highest BCUT2D eigenvalue weighted by molar-refractivity contribution is 9.10. The molecular formula is C14H11BrClFO. The maximum Gasteiger partial charge on any atom is 0.123 e. The van der Waals surface area contributed by atoms with E-state index in [9.17, 15) is 9.50 Å². The van der Waals surface area contributed by atoms with Crippen molar-refractivity contribution in [2.24, 2.45) is 0 Å². The van der Waals surface area contributed by atoms with E-state index in [1.807, 2.05) is 6.07 Å². The van der Waals surface area contributed by atoms with Crippen LogP contribution in [0.4, 0.5) is 4.39 Å². The number of hydrogen-bond acceptors (Lipinski definition) is 1. The summed E-state index contributed by atoms with van der Waals surface area (Å²) in [5.74, 6) is -0.278. The maximum absolute atomic E-state index is 12.8. The normalized spacial score (nSPS) is 12.4. The zero-order valence-electron chi connectivity index (χ0n) is 9.41. The van der Waals surface area contributed by atoms with Gasteiger partial charge in [0.1, 0.15) is 5.82 Å². The summed E-state index contributed by atoms with van der Waals surface area (Å²) in [7, 11) is 0. The van der Waals surface area contributed by atoms with E-state index in [-0.39, 0.29) is 5.82 Å². The van der Waals surface area contributed by atoms with Gasteiger partial charge in [0.2, 0.25) is 0 Å². The summed E-state index contributed by atoms with van der Waals surface area (Å²) in [5.41, 5.74) is 1.62. The first kappa shape index (κ1) is 13.5. The van der Waals surface area contributed by atoms with Gasteiger partial charge in [-0.15, -0.1) is 0 Å². The molecule has 2 aromatic carbocycles. The van der Waals surface area contributed by atoms with E-state index in [1.54, 1.807) is 24.3 Å². The molecule has 2 rings (SSSR count). The second-order valence-electron chi connectivity index (χ2n) is 4.02. The Morgan fingerprint density at radius 2 is 1.83 bits per heavy atom. The Hall–Kier alpha value is -0.900. The Morgan fingerprint density at radius 1 is 1.17 bits per heavy atom. The zero-order valence-corrected chi connectivity index (χ0v) is 11.7. The number of aliphatic hydroxyl groups is 1. The molecule has 0 radical (unpaired) electrons. The summed E-state index contributed by atoms with van der Waals surface area (Å²) in [6.45, 7) is 0. The van der Waals surface area contributed by atoms with Crippen LogP contribution in [0.15, 0.2) is 46.9 Å². The molecule has 1 unspecified atom stereocenters. The molecule has 18 heavy (non-hydrogen) atoms. The third-order valence-electron chi connectivity index (χ3n) is 2.67. The second kappa shape index (κ2) is 5.83. The van der Waals surface area contributed by atoms with E-state index >= 15 is 0 Å². The molecule has 0 aromatic heterocycles. The van der Waals surface area contributed by atoms with Crippen LogP contribution in [-0.4, -0.2) is 5.11 Å². The van der Waals surface area contributed by atoms with E-state index in [0.717, 1.165) is 15.6 Å². The van der Waals surface area contributed by atoms with Crippen LogP contribution >= 0.6 is 27.5 Å². The molecule has 0 aliphatic carbocycles. The molecule has 0 saturated carbocycles. The fraction of sp³-hybridized carbons (Fsp3) is 0.143. The molecule has 0 aliphatic heterocycles. The van der Waals surface area contributed by atoms with Crippen molar-refractivity contribution in [1.82, 2.24) is 0 Å². The molecule has 0 fully saturated rings. The van der Waals surface area contributed by atoms with Crippen molar-refractivity contribution in [2.75, 3.05) is 0 Å². The standard InChI is InChI=1S/C14H11BrClFO/c15-12-6-3-10(8-13(12)16)14(18)7-9-1-4-11(17)5-2-9/h1-6,8,14,18H,7H2. The molecule has 0 spiro atoms. The van der Waals surface area contributed by atoms with Crippen molar-refractivity contribution in [2.45, 2.75) is 12.5 Å². The third-order valence-corrected chi connectivity index (χ3v) is 3.90. The van der Waals surface area contributed by atoms with Gasteiger partial charge in [-0.1, -0.05) is 29.8 Å². The SMILES string of the molecule is OC(Cc1ccc(F)cc1)c1ccc(Br)c(Cl)c1. The molecule has 4 heteroatoms. The van der Waals surface area contributed by atoms with Crippen molar-refractivity contribution in [1.29, 1.82) is 0 Å². The van der Waals surface area contributed by atoms with Gasteiger partial charge >= 0.3 is 0 Å². The van der Waals surface area contributed by atoms with Crippen LogP contribution in [0.2, 0.25) is 5.02 Å². The van der Waals surface area contributed by atoms with Crippen molar-refractivity contribution in [3.8, 4) is 0 Å². The Labute approximate surface area is 118 Å². The van der Waals surface area contributed by atoms with Crippen molar-refractivity contribution >= 4 is 27.5 Å². The van der Waals surface area contributed by atoms with Crippen LogP contribution in [0.25, 0.3) is 0 Å². The van der Waals surface area contributed by atoms with Crippen molar-refractivity contribution in [3.63, 3.8) is 0 Å². The van der Waals surface area contributed by atoms with E-state index in [1.165, 1.54) is 12.1 Å². The molecular weight excluding hydrogens is 319 g/mol. The van der Waals surface area contributed by atoms with Gasteiger partial charge in [-0.25, -0.2) is 4.39 Å². The Kier molecular flexibility index (Phi) is 4.38. The first-order chi connectivity index (χ1) is 8.56. The number of rotatable bonds is 3. The predicted octanol–water partition coefficient (Wildman–Crippen LogP) is 4.52. The molecule has 0 amide bonds. The largest absolute Gasteiger partial charge is 0.388 e. The van der Waals surface area contributed by atoms with Gasteiger partial charge in [0.25, 0.3) is 0 Å². The predicted molar refractivity (Wildman–Crippen MR) is 74.2 cm³/mol. The van der Waals surface area contributed by atoms with Gasteiger partial charge in [-0.2, -0.15) is 0 Å². The third kappa shape index (κ3) is 3.31. The highest BCUT2D eigenvalue weighted by atomic mass is 79.9. The molecule has 1 nitrogen and oxygen atoms in total. The average molecular weight is 330 g/mol. The fourth-order valence-corrected chi connectivity index (χ4v) is 2.12. The minimum Gasteiger partial charge on any atom is -0.388 e. The van der Waals surface area contributed by atoms with Gasteiger partial charge in [-0.05, 0) is 51.3 Å². The van der Waals surface area contributed by atoms with Crippen LogP contribution in [0.3, 0.4) is 0 Å². The number of halogens is 3. The van der Waals surface area contributed by atoms with Gasteiger partial charge in [0, 0.05) is 10.9 Å². The molecule has 1 atom stereocenters. The summed E-state index contributed by atoms with van der Waals surface area (Å²) >= 11 is 9.27. The summed E-state index contributed by atoms with van der Waals surface area (Å²) in [6, 6.07) is 11.4. The Balaban J connectivity index is 2.13. The van der Waals surface area contributed by atoms with Crippen LogP contribution in [0, 0.1) is 5.82 Å². The minimum absolute atomic E-state index is 0.278. The van der Waals surface area contributed by atoms with E-state index in [2.05, 4.69) is 15.9 Å². The van der Waals surface area contributed by atoms with Crippen molar-refractivity contribution in [3.05, 3.63) is 68.9 Å². The summed E-state index contributed by atoms with van der Waals surface area (Å²) in [5, 5.41) is 10.7. The number of hydrogen-bond donors (Lipinski definition) is 1. The molecule has 2 aromatic rings. The highest BCUT2D eigenvalue weighted by Gasteiger charge is 2.10. The van der Waals surface area contributed by atoms with Crippen LogP contribution < -0.4 is 0 Å². The monoisotopic (exact) mass is 328 g/mol. The van der Waals surface area contributed by atoms with E-state index in [4.69, 9.17) is 11.6 Å². The quantitative estimate of drug-likeness (QED) is 0.878. The summed E-state index contributed by atoms with van der Waals surface area (Å²) < 4.78 is 13.6. The minimum atomic E-state index is -0.652. The zero-order chi connectivity index (χ0) is 13.1. The lowest BCUT2D eigenvalue weighted by Gasteiger charge is -2.12. The number of aliphatic hydroxyl groups excluding tert-OH is 1. The van der Waals surface area contributed by atoms with Crippen LogP contribution in [0.5, 0.6) is 0 Å². The molecule has 0 saturated heterocycles. The van der Waals surface area contributed by atoms with Crippen molar-refractivity contribution < 1.29 is 9.50 Å². The lowest BCUT2D eigenvalue weighted by molar-refractivity contribution is 0.178. The number of benzene rings is 2. The van der Waals surface area contributed by atoms with Gasteiger partial charge in [-0.3, -0.25) is 0 Å². The lowest BCUT2D eigenvalue weighted by Crippen LogP contribution is -2.01.